The Morgan fingerprint density at radius 2 is 1.85 bits per heavy atom. The number of amides is 1. The summed E-state index contributed by atoms with van der Waals surface area (Å²) >= 11 is 0. The van der Waals surface area contributed by atoms with Crippen LogP contribution in [0.2, 0.25) is 0 Å². The minimum Gasteiger partial charge on any atom is -0.496 e. The van der Waals surface area contributed by atoms with Crippen LogP contribution in [0.15, 0.2) is 30.3 Å². The molecule has 6 nitrogen and oxygen atoms in total. The average Bonchev–Trinajstić information content (AvgIpc) is 2.67. The van der Waals surface area contributed by atoms with E-state index in [0.29, 0.717) is 23.9 Å². The van der Waals surface area contributed by atoms with Gasteiger partial charge in [0.15, 0.2) is 0 Å². The zero-order chi connectivity index (χ0) is 19.6. The van der Waals surface area contributed by atoms with E-state index in [1.807, 2.05) is 36.1 Å². The molecule has 0 fully saturated rings. The van der Waals surface area contributed by atoms with Crippen molar-refractivity contribution in [1.29, 1.82) is 0 Å². The van der Waals surface area contributed by atoms with Crippen LogP contribution in [0.3, 0.4) is 0 Å². The van der Waals surface area contributed by atoms with Gasteiger partial charge in [0.2, 0.25) is 0 Å². The van der Waals surface area contributed by atoms with Gasteiger partial charge in [-0.2, -0.15) is 0 Å². The fourth-order valence-corrected chi connectivity index (χ4v) is 3.02. The molecule has 0 bridgehead atoms. The molecule has 0 unspecified atom stereocenters. The van der Waals surface area contributed by atoms with Crippen molar-refractivity contribution in [2.24, 2.45) is 0 Å². The molecule has 1 N–H and O–H groups in total. The third kappa shape index (κ3) is 5.94. The normalized spacial score (nSPS) is 10.5. The summed E-state index contributed by atoms with van der Waals surface area (Å²) in [4.78, 5) is 23.4. The summed E-state index contributed by atoms with van der Waals surface area (Å²) in [6, 6.07) is 9.71. The van der Waals surface area contributed by atoms with Gasteiger partial charge in [-0.25, -0.2) is 9.97 Å². The Labute approximate surface area is 162 Å². The predicted octanol–water partition coefficient (Wildman–Crippen LogP) is 3.71. The van der Waals surface area contributed by atoms with Crippen LogP contribution < -0.4 is 10.1 Å². The third-order valence-electron chi connectivity index (χ3n) is 4.22. The van der Waals surface area contributed by atoms with Crippen LogP contribution in [0.1, 0.15) is 48.6 Å². The molecule has 6 heteroatoms. The van der Waals surface area contributed by atoms with E-state index in [0.717, 1.165) is 43.7 Å². The fourth-order valence-electron chi connectivity index (χ4n) is 3.02. The molecule has 0 spiro atoms. The molecule has 2 aromatic rings. The van der Waals surface area contributed by atoms with Crippen LogP contribution >= 0.6 is 0 Å². The fraction of sp³-hybridized carbons (Fsp3) is 0.476. The summed E-state index contributed by atoms with van der Waals surface area (Å²) in [6.45, 7) is 8.14. The second-order valence-corrected chi connectivity index (χ2v) is 6.47. The Balaban J connectivity index is 2.06. The highest BCUT2D eigenvalue weighted by Crippen LogP contribution is 2.18. The molecule has 0 atom stereocenters. The van der Waals surface area contributed by atoms with Gasteiger partial charge in [-0.05, 0) is 37.8 Å². The standard InChI is InChI=1S/C21H30N4O2/c1-5-13-25(14-6-2)21(26)18-15-20(24-16(3)23-18)22-12-11-17-9-7-8-10-19(17)27-4/h7-10,15H,5-6,11-14H2,1-4H3,(H,22,23,24). The van der Waals surface area contributed by atoms with E-state index in [9.17, 15) is 4.79 Å². The summed E-state index contributed by atoms with van der Waals surface area (Å²) < 4.78 is 5.39. The van der Waals surface area contributed by atoms with Gasteiger partial charge < -0.3 is 15.0 Å². The van der Waals surface area contributed by atoms with Crippen molar-refractivity contribution >= 4 is 11.7 Å². The molecule has 0 saturated heterocycles. The Bertz CT molecular complexity index is 743. The molecule has 1 aromatic carbocycles. The average molecular weight is 370 g/mol. The van der Waals surface area contributed by atoms with Crippen molar-refractivity contribution in [2.75, 3.05) is 32.1 Å². The third-order valence-corrected chi connectivity index (χ3v) is 4.22. The lowest BCUT2D eigenvalue weighted by molar-refractivity contribution is 0.0749. The van der Waals surface area contributed by atoms with Gasteiger partial charge >= 0.3 is 0 Å². The first-order valence-corrected chi connectivity index (χ1v) is 9.59. The monoisotopic (exact) mass is 370 g/mol. The highest BCUT2D eigenvalue weighted by atomic mass is 16.5. The first kappa shape index (κ1) is 20.7. The summed E-state index contributed by atoms with van der Waals surface area (Å²) in [7, 11) is 1.68. The number of methoxy groups -OCH3 is 1. The van der Waals surface area contributed by atoms with Crippen molar-refractivity contribution < 1.29 is 9.53 Å². The topological polar surface area (TPSA) is 67.4 Å². The quantitative estimate of drug-likeness (QED) is 0.690. The lowest BCUT2D eigenvalue weighted by Crippen LogP contribution is -2.33. The predicted molar refractivity (Wildman–Crippen MR) is 108 cm³/mol. The number of carbonyl (C=O) groups excluding carboxylic acids is 1. The Morgan fingerprint density at radius 3 is 2.52 bits per heavy atom. The maximum absolute atomic E-state index is 12.8. The number of aromatic nitrogens is 2. The van der Waals surface area contributed by atoms with Crippen LogP contribution in [0.4, 0.5) is 5.82 Å². The summed E-state index contributed by atoms with van der Waals surface area (Å²) in [5.74, 6) is 2.11. The number of nitrogens with one attached hydrogen (secondary N) is 1. The van der Waals surface area contributed by atoms with Crippen LogP contribution in [0.25, 0.3) is 0 Å². The first-order chi connectivity index (χ1) is 13.1. The van der Waals surface area contributed by atoms with Gasteiger partial charge in [-0.1, -0.05) is 32.0 Å². The molecule has 1 aromatic heterocycles. The van der Waals surface area contributed by atoms with Gasteiger partial charge in [0.05, 0.1) is 7.11 Å². The number of benzene rings is 1. The number of hydrogen-bond acceptors (Lipinski definition) is 5. The molecule has 27 heavy (non-hydrogen) atoms. The van der Waals surface area contributed by atoms with E-state index in [-0.39, 0.29) is 5.91 Å². The lowest BCUT2D eigenvalue weighted by Gasteiger charge is -2.21. The number of aryl methyl sites for hydroxylation is 1. The number of rotatable bonds is 10. The Hall–Kier alpha value is -2.63. The van der Waals surface area contributed by atoms with E-state index in [1.54, 1.807) is 13.2 Å². The van der Waals surface area contributed by atoms with Crippen molar-refractivity contribution in [3.63, 3.8) is 0 Å². The molecular formula is C21H30N4O2. The van der Waals surface area contributed by atoms with Crippen LogP contribution in [-0.2, 0) is 6.42 Å². The van der Waals surface area contributed by atoms with Crippen LogP contribution in [0.5, 0.6) is 5.75 Å². The summed E-state index contributed by atoms with van der Waals surface area (Å²) in [5, 5.41) is 3.31. The second kappa shape index (κ2) is 10.5. The molecule has 1 heterocycles. The number of hydrogen-bond donors (Lipinski definition) is 1. The number of carbonyl (C=O) groups is 1. The highest BCUT2D eigenvalue weighted by Gasteiger charge is 2.17. The Morgan fingerprint density at radius 1 is 1.15 bits per heavy atom. The second-order valence-electron chi connectivity index (χ2n) is 6.47. The minimum absolute atomic E-state index is 0.0306. The smallest absolute Gasteiger partial charge is 0.272 e. The maximum atomic E-state index is 12.8. The maximum Gasteiger partial charge on any atom is 0.272 e. The highest BCUT2D eigenvalue weighted by molar-refractivity contribution is 5.93. The largest absolute Gasteiger partial charge is 0.496 e. The number of nitrogens with zero attached hydrogens (tertiary/aromatic N) is 3. The molecule has 0 saturated carbocycles. The zero-order valence-electron chi connectivity index (χ0n) is 16.8. The van der Waals surface area contributed by atoms with Crippen molar-refractivity contribution in [1.82, 2.24) is 14.9 Å². The number of ether oxygens (including phenoxy) is 1. The molecular weight excluding hydrogens is 340 g/mol. The van der Waals surface area contributed by atoms with Gasteiger partial charge in [-0.15, -0.1) is 0 Å². The molecule has 146 valence electrons. The molecule has 0 radical (unpaired) electrons. The minimum atomic E-state index is -0.0306. The van der Waals surface area contributed by atoms with E-state index >= 15 is 0 Å². The molecule has 2 rings (SSSR count). The van der Waals surface area contributed by atoms with Crippen molar-refractivity contribution in [2.45, 2.75) is 40.0 Å². The van der Waals surface area contributed by atoms with E-state index in [2.05, 4.69) is 29.1 Å². The van der Waals surface area contributed by atoms with E-state index in [1.165, 1.54) is 0 Å². The van der Waals surface area contributed by atoms with E-state index < -0.39 is 0 Å². The van der Waals surface area contributed by atoms with Gasteiger partial charge in [-0.3, -0.25) is 4.79 Å². The SMILES string of the molecule is CCCN(CCC)C(=O)c1cc(NCCc2ccccc2OC)nc(C)n1. The first-order valence-electron chi connectivity index (χ1n) is 9.59. The Kier molecular flexibility index (Phi) is 8.04. The summed E-state index contributed by atoms with van der Waals surface area (Å²) in [6.07, 6.45) is 2.66. The molecule has 0 aliphatic carbocycles. The summed E-state index contributed by atoms with van der Waals surface area (Å²) in [5.41, 5.74) is 1.58. The van der Waals surface area contributed by atoms with Gasteiger partial charge in [0, 0.05) is 25.7 Å². The van der Waals surface area contributed by atoms with Crippen molar-refractivity contribution in [3.8, 4) is 5.75 Å². The van der Waals surface area contributed by atoms with Gasteiger partial charge in [0.25, 0.3) is 5.91 Å². The molecule has 1 amide bonds. The molecule has 0 aliphatic heterocycles. The van der Waals surface area contributed by atoms with Crippen LogP contribution in [0, 0.1) is 6.92 Å². The molecule has 0 aliphatic rings. The van der Waals surface area contributed by atoms with Crippen LogP contribution in [-0.4, -0.2) is 47.5 Å². The van der Waals surface area contributed by atoms with Crippen molar-refractivity contribution in [3.05, 3.63) is 47.4 Å². The zero-order valence-corrected chi connectivity index (χ0v) is 16.8. The van der Waals surface area contributed by atoms with Gasteiger partial charge in [0.1, 0.15) is 23.1 Å². The van der Waals surface area contributed by atoms with E-state index in [4.69, 9.17) is 4.74 Å². The lowest BCUT2D eigenvalue weighted by atomic mass is 10.1. The number of para-hydroxylation sites is 1. The number of anilines is 1.